The number of rotatable bonds is 3. The van der Waals surface area contributed by atoms with Crippen molar-refractivity contribution in [3.63, 3.8) is 0 Å². The molecule has 0 saturated carbocycles. The number of carbonyl (C=O) groups excluding carboxylic acids is 1. The molecule has 1 heterocycles. The maximum Gasteiger partial charge on any atom is 0.422 e. The average molecular weight is 222 g/mol. The molecule has 0 atom stereocenters. The van der Waals surface area contributed by atoms with E-state index in [9.17, 15) is 18.0 Å². The zero-order chi connectivity index (χ0) is 11.3. The van der Waals surface area contributed by atoms with Crippen molar-refractivity contribution >= 4 is 6.09 Å². The molecule has 0 bridgehead atoms. The van der Waals surface area contributed by atoms with E-state index in [0.717, 1.165) is 5.56 Å². The number of alkyl halides is 3. The van der Waals surface area contributed by atoms with Crippen LogP contribution in [0, 0.1) is 0 Å². The molecular formula is C8H9F3N2O2. The predicted molar refractivity (Wildman–Crippen MR) is 45.0 cm³/mol. The van der Waals surface area contributed by atoms with Crippen molar-refractivity contribution in [3.05, 3.63) is 24.0 Å². The molecule has 4 nitrogen and oxygen atoms in total. The van der Waals surface area contributed by atoms with Crippen LogP contribution in [0.5, 0.6) is 0 Å². The molecule has 15 heavy (non-hydrogen) atoms. The summed E-state index contributed by atoms with van der Waals surface area (Å²) >= 11 is 0. The summed E-state index contributed by atoms with van der Waals surface area (Å²) in [5.41, 5.74) is 0.749. The molecule has 0 radical (unpaired) electrons. The Labute approximate surface area is 83.4 Å². The second-order valence-corrected chi connectivity index (χ2v) is 2.76. The Morgan fingerprint density at radius 1 is 1.53 bits per heavy atom. The lowest BCUT2D eigenvalue weighted by molar-refractivity contribution is -0.160. The number of amides is 1. The minimum atomic E-state index is -4.49. The van der Waals surface area contributed by atoms with Gasteiger partial charge in [-0.15, -0.1) is 0 Å². The SMILES string of the molecule is O=C(NCc1cc[nH]c1)OCC(F)(F)F. The second-order valence-electron chi connectivity index (χ2n) is 2.76. The summed E-state index contributed by atoms with van der Waals surface area (Å²) in [5.74, 6) is 0. The summed E-state index contributed by atoms with van der Waals surface area (Å²) in [7, 11) is 0. The highest BCUT2D eigenvalue weighted by molar-refractivity contribution is 5.67. The Morgan fingerprint density at radius 2 is 2.27 bits per heavy atom. The molecule has 0 unspecified atom stereocenters. The molecule has 0 aromatic carbocycles. The summed E-state index contributed by atoms with van der Waals surface area (Å²) in [5, 5.41) is 2.18. The summed E-state index contributed by atoms with van der Waals surface area (Å²) in [6.07, 6.45) is -2.33. The van der Waals surface area contributed by atoms with Crippen LogP contribution in [0.25, 0.3) is 0 Å². The van der Waals surface area contributed by atoms with E-state index < -0.39 is 18.9 Å². The number of hydrogen-bond donors (Lipinski definition) is 2. The van der Waals surface area contributed by atoms with Gasteiger partial charge in [-0.25, -0.2) is 4.79 Å². The molecule has 1 aromatic heterocycles. The van der Waals surface area contributed by atoms with Gasteiger partial charge < -0.3 is 15.0 Å². The first kappa shape index (κ1) is 11.4. The van der Waals surface area contributed by atoms with Crippen molar-refractivity contribution < 1.29 is 22.7 Å². The molecule has 0 saturated heterocycles. The summed E-state index contributed by atoms with van der Waals surface area (Å²) in [6.45, 7) is -1.45. The molecule has 0 fully saturated rings. The molecule has 0 aliphatic rings. The van der Waals surface area contributed by atoms with E-state index in [1.54, 1.807) is 18.5 Å². The lowest BCUT2D eigenvalue weighted by atomic mass is 10.3. The third-order valence-corrected chi connectivity index (χ3v) is 1.47. The minimum absolute atomic E-state index is 0.125. The lowest BCUT2D eigenvalue weighted by Crippen LogP contribution is -2.28. The fourth-order valence-corrected chi connectivity index (χ4v) is 0.841. The Kier molecular flexibility index (Phi) is 3.59. The van der Waals surface area contributed by atoms with Crippen molar-refractivity contribution in [3.8, 4) is 0 Å². The van der Waals surface area contributed by atoms with E-state index in [2.05, 4.69) is 15.0 Å². The van der Waals surface area contributed by atoms with Gasteiger partial charge in [0, 0.05) is 18.9 Å². The first-order chi connectivity index (χ1) is 6.97. The third-order valence-electron chi connectivity index (χ3n) is 1.47. The molecule has 1 rings (SSSR count). The molecule has 0 aliphatic heterocycles. The van der Waals surface area contributed by atoms with Crippen LogP contribution < -0.4 is 5.32 Å². The molecule has 0 aliphatic carbocycles. The van der Waals surface area contributed by atoms with Gasteiger partial charge in [-0.3, -0.25) is 0 Å². The maximum atomic E-state index is 11.6. The predicted octanol–water partition coefficient (Wildman–Crippen LogP) is 1.80. The molecule has 84 valence electrons. The average Bonchev–Trinajstić information content (AvgIpc) is 2.62. The number of aromatic nitrogens is 1. The Hall–Kier alpha value is -1.66. The molecular weight excluding hydrogens is 213 g/mol. The van der Waals surface area contributed by atoms with Gasteiger partial charge in [0.2, 0.25) is 0 Å². The van der Waals surface area contributed by atoms with E-state index in [1.807, 2.05) is 0 Å². The van der Waals surface area contributed by atoms with Crippen LogP contribution in [0.2, 0.25) is 0 Å². The number of aromatic amines is 1. The van der Waals surface area contributed by atoms with Crippen LogP contribution in [0.15, 0.2) is 18.5 Å². The van der Waals surface area contributed by atoms with Crippen LogP contribution in [0.1, 0.15) is 5.56 Å². The summed E-state index contributed by atoms with van der Waals surface area (Å²) in [6, 6.07) is 1.68. The highest BCUT2D eigenvalue weighted by Crippen LogP contribution is 2.14. The zero-order valence-electron chi connectivity index (χ0n) is 7.60. The van der Waals surface area contributed by atoms with Crippen LogP contribution in [0.3, 0.4) is 0 Å². The fraction of sp³-hybridized carbons (Fsp3) is 0.375. The van der Waals surface area contributed by atoms with E-state index in [1.165, 1.54) is 0 Å². The maximum absolute atomic E-state index is 11.6. The van der Waals surface area contributed by atoms with Gasteiger partial charge in [-0.2, -0.15) is 13.2 Å². The Morgan fingerprint density at radius 3 is 2.80 bits per heavy atom. The normalized spacial score (nSPS) is 11.1. The van der Waals surface area contributed by atoms with Crippen molar-refractivity contribution in [2.75, 3.05) is 6.61 Å². The molecule has 1 aromatic rings. The monoisotopic (exact) mass is 222 g/mol. The second kappa shape index (κ2) is 4.72. The van der Waals surface area contributed by atoms with E-state index in [-0.39, 0.29) is 6.54 Å². The van der Waals surface area contributed by atoms with Crippen LogP contribution in [-0.2, 0) is 11.3 Å². The Bertz CT molecular complexity index is 308. The first-order valence-electron chi connectivity index (χ1n) is 4.06. The van der Waals surface area contributed by atoms with Gasteiger partial charge in [0.1, 0.15) is 0 Å². The lowest BCUT2D eigenvalue weighted by Gasteiger charge is -2.08. The van der Waals surface area contributed by atoms with Crippen molar-refractivity contribution in [1.82, 2.24) is 10.3 Å². The smallest absolute Gasteiger partial charge is 0.422 e. The van der Waals surface area contributed by atoms with Gasteiger partial charge in [0.15, 0.2) is 6.61 Å². The van der Waals surface area contributed by atoms with Gasteiger partial charge in [0.05, 0.1) is 0 Å². The van der Waals surface area contributed by atoms with Crippen LogP contribution in [-0.4, -0.2) is 23.9 Å². The molecule has 0 spiro atoms. The van der Waals surface area contributed by atoms with Crippen molar-refractivity contribution in [2.45, 2.75) is 12.7 Å². The highest BCUT2D eigenvalue weighted by Gasteiger charge is 2.29. The van der Waals surface area contributed by atoms with Gasteiger partial charge >= 0.3 is 12.3 Å². The number of carbonyl (C=O) groups is 1. The number of ether oxygens (including phenoxy) is 1. The van der Waals surface area contributed by atoms with E-state index >= 15 is 0 Å². The topological polar surface area (TPSA) is 54.1 Å². The van der Waals surface area contributed by atoms with E-state index in [4.69, 9.17) is 0 Å². The quantitative estimate of drug-likeness (QED) is 0.819. The number of H-pyrrole nitrogens is 1. The van der Waals surface area contributed by atoms with Gasteiger partial charge in [-0.05, 0) is 11.6 Å². The highest BCUT2D eigenvalue weighted by atomic mass is 19.4. The standard InChI is InChI=1S/C8H9F3N2O2/c9-8(10,11)5-15-7(14)13-4-6-1-2-12-3-6/h1-3,12H,4-5H2,(H,13,14). The number of hydrogen-bond acceptors (Lipinski definition) is 2. The number of nitrogens with one attached hydrogen (secondary N) is 2. The van der Waals surface area contributed by atoms with Crippen LogP contribution in [0.4, 0.5) is 18.0 Å². The minimum Gasteiger partial charge on any atom is -0.440 e. The van der Waals surface area contributed by atoms with Crippen molar-refractivity contribution in [2.24, 2.45) is 0 Å². The van der Waals surface area contributed by atoms with Crippen LogP contribution >= 0.6 is 0 Å². The summed E-state index contributed by atoms with van der Waals surface area (Å²) in [4.78, 5) is 13.5. The summed E-state index contributed by atoms with van der Waals surface area (Å²) < 4.78 is 38.8. The van der Waals surface area contributed by atoms with Crippen molar-refractivity contribution in [1.29, 1.82) is 0 Å². The zero-order valence-corrected chi connectivity index (χ0v) is 7.60. The van der Waals surface area contributed by atoms with Gasteiger partial charge in [-0.1, -0.05) is 0 Å². The first-order valence-corrected chi connectivity index (χ1v) is 4.06. The molecule has 7 heteroatoms. The third kappa shape index (κ3) is 4.94. The Balaban J connectivity index is 2.20. The fourth-order valence-electron chi connectivity index (χ4n) is 0.841. The van der Waals surface area contributed by atoms with Gasteiger partial charge in [0.25, 0.3) is 0 Å². The molecule has 2 N–H and O–H groups in total. The molecule has 1 amide bonds. The largest absolute Gasteiger partial charge is 0.440 e. The number of alkyl carbamates (subject to hydrolysis) is 1. The van der Waals surface area contributed by atoms with E-state index in [0.29, 0.717) is 0 Å². The number of halogens is 3.